The van der Waals surface area contributed by atoms with E-state index in [-0.39, 0.29) is 25.2 Å². The van der Waals surface area contributed by atoms with Gasteiger partial charge in [0.05, 0.1) is 13.1 Å². The highest BCUT2D eigenvalue weighted by Gasteiger charge is 2.35. The van der Waals surface area contributed by atoms with E-state index in [0.717, 1.165) is 12.1 Å². The molecule has 30 heavy (non-hydrogen) atoms. The lowest BCUT2D eigenvalue weighted by molar-refractivity contribution is -0.118. The van der Waals surface area contributed by atoms with Crippen molar-refractivity contribution >= 4 is 11.6 Å². The molecule has 3 rings (SSSR count). The van der Waals surface area contributed by atoms with Gasteiger partial charge in [0, 0.05) is 23.9 Å². The summed E-state index contributed by atoms with van der Waals surface area (Å²) in [5.74, 6) is -2.52. The largest absolute Gasteiger partial charge is 0.382 e. The minimum absolute atomic E-state index is 0.134. The lowest BCUT2D eigenvalue weighted by atomic mass is 9.92. The number of halogens is 3. The molecule has 2 N–H and O–H groups in total. The number of hydrogen-bond donors (Lipinski definition) is 2. The Kier molecular flexibility index (Phi) is 6.48. The van der Waals surface area contributed by atoms with Crippen molar-refractivity contribution in [1.82, 2.24) is 19.7 Å². The predicted octanol–water partition coefficient (Wildman–Crippen LogP) is 2.15. The van der Waals surface area contributed by atoms with Gasteiger partial charge in [-0.25, -0.2) is 22.8 Å². The molecule has 0 aliphatic rings. The van der Waals surface area contributed by atoms with E-state index in [0.29, 0.717) is 11.8 Å². The van der Waals surface area contributed by atoms with Crippen LogP contribution < -0.4 is 5.32 Å². The van der Waals surface area contributed by atoms with Gasteiger partial charge < -0.3 is 10.4 Å². The van der Waals surface area contributed by atoms with Crippen molar-refractivity contribution in [3.8, 4) is 0 Å². The Balaban J connectivity index is 1.74. The van der Waals surface area contributed by atoms with Gasteiger partial charge in [0.15, 0.2) is 0 Å². The summed E-state index contributed by atoms with van der Waals surface area (Å²) in [5.41, 5.74) is -1.54. The molecule has 1 unspecified atom stereocenters. The number of amides is 1. The van der Waals surface area contributed by atoms with Gasteiger partial charge in [-0.15, -0.1) is 0 Å². The maximum absolute atomic E-state index is 14.4. The summed E-state index contributed by atoms with van der Waals surface area (Å²) in [4.78, 5) is 17.6. The minimum atomic E-state index is -1.82. The Labute approximate surface area is 170 Å². The molecule has 2 aromatic carbocycles. The average molecular weight is 419 g/mol. The number of nitrogens with zero attached hydrogens (tertiary/aromatic N) is 4. The number of benzene rings is 2. The van der Waals surface area contributed by atoms with E-state index >= 15 is 0 Å². The topological polar surface area (TPSA) is 83.3 Å². The van der Waals surface area contributed by atoms with Crippen LogP contribution in [0, 0.1) is 17.5 Å². The van der Waals surface area contributed by atoms with E-state index in [9.17, 15) is 23.1 Å². The number of rotatable bonds is 8. The van der Waals surface area contributed by atoms with Gasteiger partial charge in [0.25, 0.3) is 0 Å². The van der Waals surface area contributed by atoms with Gasteiger partial charge in [0.1, 0.15) is 35.7 Å². The molecule has 7 nitrogen and oxygen atoms in total. The zero-order chi connectivity index (χ0) is 21.7. The molecule has 0 radical (unpaired) electrons. The summed E-state index contributed by atoms with van der Waals surface area (Å²) in [6.07, 6.45) is 2.62. The second kappa shape index (κ2) is 9.06. The first-order valence-corrected chi connectivity index (χ1v) is 8.99. The number of aliphatic hydroxyl groups is 1. The molecular weight excluding hydrogens is 399 g/mol. The van der Waals surface area contributed by atoms with Gasteiger partial charge in [-0.1, -0.05) is 6.07 Å². The monoisotopic (exact) mass is 419 g/mol. The van der Waals surface area contributed by atoms with Crippen molar-refractivity contribution in [2.24, 2.45) is 0 Å². The second-order valence-electron chi connectivity index (χ2n) is 6.98. The SMILES string of the molecule is CN(CC(=O)Nc1ccc(F)cc1)CC(O)(Cn1cncn1)c1ccc(F)cc1F. The fraction of sp³-hybridized carbons (Fsp3) is 0.250. The maximum Gasteiger partial charge on any atom is 0.238 e. The van der Waals surface area contributed by atoms with Gasteiger partial charge in [0.2, 0.25) is 5.91 Å². The summed E-state index contributed by atoms with van der Waals surface area (Å²) in [5, 5.41) is 17.8. The van der Waals surface area contributed by atoms with Crippen molar-refractivity contribution in [3.05, 3.63) is 78.1 Å². The Morgan fingerprint density at radius 1 is 1.17 bits per heavy atom. The van der Waals surface area contributed by atoms with Crippen LogP contribution in [0.2, 0.25) is 0 Å². The van der Waals surface area contributed by atoms with Crippen LogP contribution in [-0.4, -0.2) is 50.8 Å². The van der Waals surface area contributed by atoms with Crippen LogP contribution in [-0.2, 0) is 16.9 Å². The number of hydrogen-bond acceptors (Lipinski definition) is 5. The summed E-state index contributed by atoms with van der Waals surface area (Å²) in [6.45, 7) is -0.467. The zero-order valence-electron chi connectivity index (χ0n) is 16.1. The Morgan fingerprint density at radius 2 is 1.87 bits per heavy atom. The van der Waals surface area contributed by atoms with Crippen LogP contribution in [0.15, 0.2) is 55.1 Å². The Bertz CT molecular complexity index is 998. The predicted molar refractivity (Wildman–Crippen MR) is 103 cm³/mol. The van der Waals surface area contributed by atoms with Crippen molar-refractivity contribution in [1.29, 1.82) is 0 Å². The van der Waals surface area contributed by atoms with Crippen molar-refractivity contribution in [2.75, 3.05) is 25.5 Å². The van der Waals surface area contributed by atoms with Crippen LogP contribution in [0.4, 0.5) is 18.9 Å². The molecular formula is C20H20F3N5O2. The number of nitrogens with one attached hydrogen (secondary N) is 1. The van der Waals surface area contributed by atoms with Gasteiger partial charge in [-0.2, -0.15) is 5.10 Å². The van der Waals surface area contributed by atoms with Crippen LogP contribution in [0.5, 0.6) is 0 Å². The van der Waals surface area contributed by atoms with Crippen LogP contribution in [0.1, 0.15) is 5.56 Å². The van der Waals surface area contributed by atoms with Crippen LogP contribution in [0.3, 0.4) is 0 Å². The fourth-order valence-electron chi connectivity index (χ4n) is 3.15. The first-order chi connectivity index (χ1) is 14.2. The van der Waals surface area contributed by atoms with E-state index in [4.69, 9.17) is 0 Å². The van der Waals surface area contributed by atoms with E-state index in [2.05, 4.69) is 15.4 Å². The van der Waals surface area contributed by atoms with Crippen LogP contribution >= 0.6 is 0 Å². The molecule has 1 atom stereocenters. The molecule has 0 bridgehead atoms. The van der Waals surface area contributed by atoms with Crippen molar-refractivity contribution in [2.45, 2.75) is 12.1 Å². The molecule has 1 aromatic heterocycles. The zero-order valence-corrected chi connectivity index (χ0v) is 16.1. The van der Waals surface area contributed by atoms with Gasteiger partial charge in [-0.3, -0.25) is 9.69 Å². The standard InChI is InChI=1S/C20H20F3N5O2/c1-27(9-19(29)26-16-5-2-14(21)3-6-16)10-20(30,11-28-13-24-12-25-28)17-7-4-15(22)8-18(17)23/h2-8,12-13,30H,9-11H2,1H3,(H,26,29). The van der Waals surface area contributed by atoms with Crippen molar-refractivity contribution in [3.63, 3.8) is 0 Å². The molecule has 10 heteroatoms. The summed E-state index contributed by atoms with van der Waals surface area (Å²) in [7, 11) is 1.57. The smallest absolute Gasteiger partial charge is 0.238 e. The highest BCUT2D eigenvalue weighted by atomic mass is 19.1. The molecule has 0 aliphatic heterocycles. The van der Waals surface area contributed by atoms with E-state index < -0.39 is 29.0 Å². The average Bonchev–Trinajstić information content (AvgIpc) is 3.15. The molecule has 0 fully saturated rings. The van der Waals surface area contributed by atoms with E-state index in [1.54, 1.807) is 7.05 Å². The minimum Gasteiger partial charge on any atom is -0.382 e. The van der Waals surface area contributed by atoms with E-state index in [1.807, 2.05) is 0 Å². The lowest BCUT2D eigenvalue weighted by Crippen LogP contribution is -2.45. The third kappa shape index (κ3) is 5.43. The number of likely N-dealkylation sites (N-methyl/N-ethyl adjacent to an activating group) is 1. The number of carbonyl (C=O) groups is 1. The number of carbonyl (C=O) groups excluding carboxylic acids is 1. The summed E-state index contributed by atoms with van der Waals surface area (Å²) in [6, 6.07) is 8.16. The molecule has 0 saturated carbocycles. The van der Waals surface area contributed by atoms with E-state index in [1.165, 1.54) is 46.5 Å². The lowest BCUT2D eigenvalue weighted by Gasteiger charge is -2.33. The summed E-state index contributed by atoms with van der Waals surface area (Å²) >= 11 is 0. The highest BCUT2D eigenvalue weighted by molar-refractivity contribution is 5.92. The molecule has 1 amide bonds. The summed E-state index contributed by atoms with van der Waals surface area (Å²) < 4.78 is 42.1. The number of aromatic nitrogens is 3. The maximum atomic E-state index is 14.4. The molecule has 1 heterocycles. The first kappa shape index (κ1) is 21.5. The molecule has 158 valence electrons. The molecule has 0 aliphatic carbocycles. The first-order valence-electron chi connectivity index (χ1n) is 8.99. The van der Waals surface area contributed by atoms with Crippen molar-refractivity contribution < 1.29 is 23.1 Å². The molecule has 0 spiro atoms. The third-order valence-corrected chi connectivity index (χ3v) is 4.40. The third-order valence-electron chi connectivity index (χ3n) is 4.40. The Morgan fingerprint density at radius 3 is 2.50 bits per heavy atom. The van der Waals surface area contributed by atoms with Crippen LogP contribution in [0.25, 0.3) is 0 Å². The quantitative estimate of drug-likeness (QED) is 0.585. The normalized spacial score (nSPS) is 13.3. The number of anilines is 1. The molecule has 3 aromatic rings. The fourth-order valence-corrected chi connectivity index (χ4v) is 3.15. The highest BCUT2D eigenvalue weighted by Crippen LogP contribution is 2.27. The van der Waals surface area contributed by atoms with Gasteiger partial charge in [-0.05, 0) is 37.4 Å². The molecule has 0 saturated heterocycles. The van der Waals surface area contributed by atoms with Gasteiger partial charge >= 0.3 is 0 Å². The Hall–Kier alpha value is -3.24. The second-order valence-corrected chi connectivity index (χ2v) is 6.98.